The zero-order valence-electron chi connectivity index (χ0n) is 12.8. The van der Waals surface area contributed by atoms with E-state index >= 15 is 0 Å². The van der Waals surface area contributed by atoms with Crippen molar-refractivity contribution in [1.29, 1.82) is 0 Å². The van der Waals surface area contributed by atoms with Gasteiger partial charge in [-0.25, -0.2) is 0 Å². The molecule has 0 saturated heterocycles. The third kappa shape index (κ3) is 3.34. The summed E-state index contributed by atoms with van der Waals surface area (Å²) in [7, 11) is 0. The summed E-state index contributed by atoms with van der Waals surface area (Å²) < 4.78 is 6.71. The van der Waals surface area contributed by atoms with E-state index < -0.39 is 0 Å². The van der Waals surface area contributed by atoms with Crippen molar-refractivity contribution in [2.45, 2.75) is 24.1 Å². The summed E-state index contributed by atoms with van der Waals surface area (Å²) in [6, 6.07) is 13.4. The number of esters is 1. The minimum absolute atomic E-state index is 0.244. The maximum atomic E-state index is 11.7. The molecule has 2 heterocycles. The van der Waals surface area contributed by atoms with E-state index in [-0.39, 0.29) is 11.2 Å². The van der Waals surface area contributed by atoms with Crippen molar-refractivity contribution >= 4 is 23.4 Å². The van der Waals surface area contributed by atoms with Crippen molar-refractivity contribution in [3.05, 3.63) is 42.5 Å². The van der Waals surface area contributed by atoms with E-state index in [0.29, 0.717) is 18.1 Å². The second-order valence-electron chi connectivity index (χ2n) is 4.84. The number of hydrogen-bond donors (Lipinski definition) is 0. The molecule has 118 valence electrons. The molecule has 3 rings (SSSR count). The number of carbonyl (C=O) groups is 1. The minimum Gasteiger partial charge on any atom is -0.465 e. The number of fused-ring (bicyclic) bond motifs is 1. The molecule has 0 amide bonds. The van der Waals surface area contributed by atoms with Crippen molar-refractivity contribution in [1.82, 2.24) is 19.8 Å². The topological polar surface area (TPSA) is 69.4 Å². The fraction of sp³-hybridized carbons (Fsp3) is 0.250. The summed E-state index contributed by atoms with van der Waals surface area (Å²) in [6.45, 7) is 3.97. The lowest BCUT2D eigenvalue weighted by Gasteiger charge is -2.09. The molecular formula is C16H16N4O2S. The van der Waals surface area contributed by atoms with E-state index in [0.717, 1.165) is 10.6 Å². The first kappa shape index (κ1) is 15.5. The molecule has 0 fully saturated rings. The number of aromatic nitrogens is 4. The Morgan fingerprint density at radius 2 is 2.00 bits per heavy atom. The molecule has 0 unspecified atom stereocenters. The number of nitrogens with zero attached hydrogens (tertiary/aromatic N) is 4. The predicted octanol–water partition coefficient (Wildman–Crippen LogP) is 2.84. The van der Waals surface area contributed by atoms with Crippen LogP contribution in [0.1, 0.15) is 13.8 Å². The third-order valence-corrected chi connectivity index (χ3v) is 4.19. The number of thioether (sulfide) groups is 1. The van der Waals surface area contributed by atoms with Crippen LogP contribution in [-0.2, 0) is 9.53 Å². The fourth-order valence-corrected chi connectivity index (χ4v) is 2.89. The molecule has 1 aromatic carbocycles. The van der Waals surface area contributed by atoms with Crippen molar-refractivity contribution in [2.24, 2.45) is 0 Å². The lowest BCUT2D eigenvalue weighted by atomic mass is 10.2. The van der Waals surface area contributed by atoms with Gasteiger partial charge in [-0.15, -0.1) is 10.2 Å². The molecule has 7 heteroatoms. The molecule has 0 N–H and O–H groups in total. The second kappa shape index (κ2) is 6.78. The van der Waals surface area contributed by atoms with Crippen LogP contribution >= 0.6 is 11.8 Å². The highest BCUT2D eigenvalue weighted by Crippen LogP contribution is 2.24. The summed E-state index contributed by atoms with van der Waals surface area (Å²) >= 11 is 1.35. The molecule has 0 aliphatic rings. The second-order valence-corrected chi connectivity index (χ2v) is 6.20. The molecule has 0 aliphatic heterocycles. The summed E-state index contributed by atoms with van der Waals surface area (Å²) in [4.78, 5) is 11.7. The molecule has 23 heavy (non-hydrogen) atoms. The standard InChI is InChI=1S/C16H16N4O2S/c1-3-22-16(21)11(2)23-14-10-9-13-17-18-15(20(13)19-14)12-7-5-4-6-8-12/h4-11H,3H2,1-2H3/t11-/m0/s1. The quantitative estimate of drug-likeness (QED) is 0.530. The van der Waals surface area contributed by atoms with Crippen LogP contribution in [0.4, 0.5) is 0 Å². The number of carbonyl (C=O) groups excluding carboxylic acids is 1. The number of ether oxygens (including phenoxy) is 1. The van der Waals surface area contributed by atoms with Crippen molar-refractivity contribution in [2.75, 3.05) is 6.61 Å². The lowest BCUT2D eigenvalue weighted by Crippen LogP contribution is -2.17. The third-order valence-electron chi connectivity index (χ3n) is 3.19. The van der Waals surface area contributed by atoms with Crippen LogP contribution in [0.25, 0.3) is 17.0 Å². The van der Waals surface area contributed by atoms with Gasteiger partial charge in [0.1, 0.15) is 10.3 Å². The SMILES string of the molecule is CCOC(=O)[C@H](C)Sc1ccc2nnc(-c3ccccc3)n2n1. The largest absolute Gasteiger partial charge is 0.465 e. The molecule has 0 spiro atoms. The zero-order chi connectivity index (χ0) is 16.2. The van der Waals surface area contributed by atoms with E-state index in [4.69, 9.17) is 4.74 Å². The first-order chi connectivity index (χ1) is 11.2. The summed E-state index contributed by atoms with van der Waals surface area (Å²) in [5, 5.41) is 13.3. The molecule has 0 saturated carbocycles. The van der Waals surface area contributed by atoms with E-state index in [9.17, 15) is 4.79 Å². The zero-order valence-corrected chi connectivity index (χ0v) is 13.7. The van der Waals surface area contributed by atoms with Crippen molar-refractivity contribution < 1.29 is 9.53 Å². The molecule has 0 radical (unpaired) electrons. The van der Waals surface area contributed by atoms with Gasteiger partial charge in [-0.3, -0.25) is 4.79 Å². The Balaban J connectivity index is 1.91. The van der Waals surface area contributed by atoms with Gasteiger partial charge >= 0.3 is 5.97 Å². The van der Waals surface area contributed by atoms with Crippen LogP contribution in [0.2, 0.25) is 0 Å². The average molecular weight is 328 g/mol. The monoisotopic (exact) mass is 328 g/mol. The number of hydrogen-bond acceptors (Lipinski definition) is 6. The van der Waals surface area contributed by atoms with Crippen LogP contribution in [0, 0.1) is 0 Å². The van der Waals surface area contributed by atoms with E-state index in [1.165, 1.54) is 11.8 Å². The van der Waals surface area contributed by atoms with E-state index in [2.05, 4.69) is 15.3 Å². The Kier molecular flexibility index (Phi) is 4.57. The Morgan fingerprint density at radius 1 is 1.22 bits per heavy atom. The van der Waals surface area contributed by atoms with Gasteiger partial charge < -0.3 is 4.74 Å². The fourth-order valence-electron chi connectivity index (χ4n) is 2.09. The van der Waals surface area contributed by atoms with Gasteiger partial charge in [-0.05, 0) is 26.0 Å². The molecule has 1 atom stereocenters. The molecule has 6 nitrogen and oxygen atoms in total. The van der Waals surface area contributed by atoms with Crippen LogP contribution in [0.15, 0.2) is 47.5 Å². The van der Waals surface area contributed by atoms with Gasteiger partial charge in [0.2, 0.25) is 0 Å². The maximum absolute atomic E-state index is 11.7. The van der Waals surface area contributed by atoms with Crippen LogP contribution < -0.4 is 0 Å². The first-order valence-electron chi connectivity index (χ1n) is 7.30. The van der Waals surface area contributed by atoms with E-state index in [1.807, 2.05) is 42.5 Å². The van der Waals surface area contributed by atoms with Crippen molar-refractivity contribution in [3.63, 3.8) is 0 Å². The lowest BCUT2D eigenvalue weighted by molar-refractivity contribution is -0.142. The molecule has 2 aromatic heterocycles. The van der Waals surface area contributed by atoms with Crippen LogP contribution in [-0.4, -0.2) is 37.6 Å². The maximum Gasteiger partial charge on any atom is 0.319 e. The Labute approximate surface area is 137 Å². The molecule has 0 bridgehead atoms. The van der Waals surface area contributed by atoms with Gasteiger partial charge in [0.25, 0.3) is 0 Å². The highest BCUT2D eigenvalue weighted by molar-refractivity contribution is 8.00. The van der Waals surface area contributed by atoms with Gasteiger partial charge in [-0.1, -0.05) is 42.1 Å². The van der Waals surface area contributed by atoms with Crippen LogP contribution in [0.5, 0.6) is 0 Å². The molecule has 0 aliphatic carbocycles. The Morgan fingerprint density at radius 3 is 2.74 bits per heavy atom. The summed E-state index contributed by atoms with van der Waals surface area (Å²) in [6.07, 6.45) is 0. The van der Waals surface area contributed by atoms with Gasteiger partial charge in [-0.2, -0.15) is 9.61 Å². The van der Waals surface area contributed by atoms with Crippen LogP contribution in [0.3, 0.4) is 0 Å². The molecular weight excluding hydrogens is 312 g/mol. The van der Waals surface area contributed by atoms with Gasteiger partial charge in [0.05, 0.1) is 6.61 Å². The average Bonchev–Trinajstić information content (AvgIpc) is 2.99. The minimum atomic E-state index is -0.323. The highest BCUT2D eigenvalue weighted by Gasteiger charge is 2.17. The first-order valence-corrected chi connectivity index (χ1v) is 8.18. The highest BCUT2D eigenvalue weighted by atomic mass is 32.2. The summed E-state index contributed by atoms with van der Waals surface area (Å²) in [5.41, 5.74) is 1.60. The normalized spacial score (nSPS) is 12.3. The Bertz CT molecular complexity index is 819. The van der Waals surface area contributed by atoms with Gasteiger partial charge in [0.15, 0.2) is 11.5 Å². The summed E-state index contributed by atoms with van der Waals surface area (Å²) in [5.74, 6) is 0.429. The Hall–Kier alpha value is -2.41. The number of rotatable bonds is 5. The number of benzene rings is 1. The smallest absolute Gasteiger partial charge is 0.319 e. The predicted molar refractivity (Wildman–Crippen MR) is 88.2 cm³/mol. The van der Waals surface area contributed by atoms with Gasteiger partial charge in [0, 0.05) is 5.56 Å². The van der Waals surface area contributed by atoms with Crippen molar-refractivity contribution in [3.8, 4) is 11.4 Å². The molecule has 3 aromatic rings. The van der Waals surface area contributed by atoms with E-state index in [1.54, 1.807) is 18.4 Å².